The Morgan fingerprint density at radius 3 is 2.57 bits per heavy atom. The number of anilines is 1. The Balaban J connectivity index is 1.13. The SMILES string of the molecule is CCc1nnc2ccc(O[C@@H]3CC[C@H](NC(=O)Nc4cc(C(C)(C)C)nc(C(=O)NCCN5CCOCC5)n4)c4ccccc43)cn12. The van der Waals surface area contributed by atoms with Gasteiger partial charge in [0.2, 0.25) is 5.82 Å². The van der Waals surface area contributed by atoms with Crippen molar-refractivity contribution in [2.24, 2.45) is 0 Å². The van der Waals surface area contributed by atoms with Gasteiger partial charge in [0, 0.05) is 44.1 Å². The molecule has 0 saturated carbocycles. The smallest absolute Gasteiger partial charge is 0.320 e. The number of urea groups is 1. The lowest BCUT2D eigenvalue weighted by Crippen LogP contribution is -2.41. The van der Waals surface area contributed by atoms with Gasteiger partial charge in [0.1, 0.15) is 23.5 Å². The fourth-order valence-corrected chi connectivity index (χ4v) is 5.96. The van der Waals surface area contributed by atoms with Crippen LogP contribution >= 0.6 is 0 Å². The monoisotopic (exact) mass is 641 g/mol. The van der Waals surface area contributed by atoms with E-state index in [1.165, 1.54) is 0 Å². The van der Waals surface area contributed by atoms with Crippen LogP contribution in [0, 0.1) is 0 Å². The van der Waals surface area contributed by atoms with Gasteiger partial charge >= 0.3 is 6.03 Å². The first-order valence-corrected chi connectivity index (χ1v) is 16.3. The molecule has 4 aromatic rings. The highest BCUT2D eigenvalue weighted by molar-refractivity contribution is 5.92. The number of pyridine rings is 1. The average Bonchev–Trinajstić information content (AvgIpc) is 3.48. The third-order valence-electron chi connectivity index (χ3n) is 8.54. The molecule has 1 saturated heterocycles. The summed E-state index contributed by atoms with van der Waals surface area (Å²) in [4.78, 5) is 37.6. The first-order chi connectivity index (χ1) is 22.7. The Kier molecular flexibility index (Phi) is 9.64. The molecular formula is C34H43N9O4. The van der Waals surface area contributed by atoms with E-state index >= 15 is 0 Å². The van der Waals surface area contributed by atoms with Gasteiger partial charge in [-0.25, -0.2) is 14.8 Å². The van der Waals surface area contributed by atoms with Crippen molar-refractivity contribution in [3.8, 4) is 5.75 Å². The van der Waals surface area contributed by atoms with Gasteiger partial charge in [-0.2, -0.15) is 0 Å². The molecular weight excluding hydrogens is 598 g/mol. The minimum Gasteiger partial charge on any atom is -0.484 e. The van der Waals surface area contributed by atoms with Crippen LogP contribution in [-0.2, 0) is 16.6 Å². The summed E-state index contributed by atoms with van der Waals surface area (Å²) >= 11 is 0. The van der Waals surface area contributed by atoms with E-state index in [4.69, 9.17) is 9.47 Å². The summed E-state index contributed by atoms with van der Waals surface area (Å²) in [6.07, 6.45) is 3.91. The number of nitrogens with zero attached hydrogens (tertiary/aromatic N) is 6. The number of amides is 3. The highest BCUT2D eigenvalue weighted by Gasteiger charge is 2.30. The van der Waals surface area contributed by atoms with Crippen LogP contribution in [-0.4, -0.2) is 80.8 Å². The molecule has 6 rings (SSSR count). The normalized spacial score (nSPS) is 18.4. The van der Waals surface area contributed by atoms with E-state index < -0.39 is 6.03 Å². The molecule has 3 N–H and O–H groups in total. The van der Waals surface area contributed by atoms with Crippen molar-refractivity contribution in [2.45, 2.75) is 64.5 Å². The number of hydrogen-bond acceptors (Lipinski definition) is 9. The standard InChI is InChI=1S/C34H43N9O4/c1-5-29-40-41-30-13-10-22(21-43(29)30)47-26-12-11-25(23-8-6-7-9-24(23)26)36-33(45)39-28-20-27(34(2,3)4)37-31(38-28)32(44)35-14-15-42-16-18-46-19-17-42/h6-10,13,20-21,25-26H,5,11-12,14-19H2,1-4H3,(H,35,44)(H2,36,37,38,39,45)/t25-,26+/m0/s1. The number of nitrogens with one attached hydrogen (secondary N) is 3. The van der Waals surface area contributed by atoms with Crippen LogP contribution in [0.4, 0.5) is 10.6 Å². The minimum absolute atomic E-state index is 0.0217. The molecule has 0 unspecified atom stereocenters. The number of hydrogen-bond donors (Lipinski definition) is 3. The fraction of sp³-hybridized carbons (Fsp3) is 0.471. The summed E-state index contributed by atoms with van der Waals surface area (Å²) in [6.45, 7) is 12.3. The summed E-state index contributed by atoms with van der Waals surface area (Å²) < 4.78 is 13.8. The Labute approximate surface area is 274 Å². The quantitative estimate of drug-likeness (QED) is 0.244. The van der Waals surface area contributed by atoms with Crippen molar-refractivity contribution in [3.63, 3.8) is 0 Å². The van der Waals surface area contributed by atoms with Crippen LogP contribution in [0.1, 0.15) is 85.9 Å². The first-order valence-electron chi connectivity index (χ1n) is 16.3. The van der Waals surface area contributed by atoms with Gasteiger partial charge in [-0.05, 0) is 36.1 Å². The number of ether oxygens (including phenoxy) is 2. The Morgan fingerprint density at radius 2 is 1.81 bits per heavy atom. The zero-order valence-electron chi connectivity index (χ0n) is 27.5. The molecule has 248 valence electrons. The van der Waals surface area contributed by atoms with E-state index in [1.807, 2.05) is 74.7 Å². The number of carbonyl (C=O) groups excluding carboxylic acids is 2. The van der Waals surface area contributed by atoms with Crippen molar-refractivity contribution in [3.05, 3.63) is 77.1 Å². The van der Waals surface area contributed by atoms with Crippen LogP contribution in [0.5, 0.6) is 5.75 Å². The molecule has 13 heteroatoms. The highest BCUT2D eigenvalue weighted by Crippen LogP contribution is 2.39. The summed E-state index contributed by atoms with van der Waals surface area (Å²) in [5, 5.41) is 17.4. The zero-order valence-corrected chi connectivity index (χ0v) is 27.5. The van der Waals surface area contributed by atoms with Crippen molar-refractivity contribution in [2.75, 3.05) is 44.7 Å². The van der Waals surface area contributed by atoms with E-state index in [9.17, 15) is 9.59 Å². The lowest BCUT2D eigenvalue weighted by molar-refractivity contribution is 0.0383. The zero-order chi connectivity index (χ0) is 33.0. The fourth-order valence-electron chi connectivity index (χ4n) is 5.96. The molecule has 1 aromatic carbocycles. The molecule has 0 bridgehead atoms. The second kappa shape index (κ2) is 14.0. The molecule has 47 heavy (non-hydrogen) atoms. The van der Waals surface area contributed by atoms with Gasteiger partial charge in [0.25, 0.3) is 5.91 Å². The summed E-state index contributed by atoms with van der Waals surface area (Å²) in [5.74, 6) is 1.51. The molecule has 2 aliphatic rings. The van der Waals surface area contributed by atoms with Crippen molar-refractivity contribution in [1.29, 1.82) is 0 Å². The predicted molar refractivity (Wildman–Crippen MR) is 177 cm³/mol. The highest BCUT2D eigenvalue weighted by atomic mass is 16.5. The minimum atomic E-state index is -0.411. The van der Waals surface area contributed by atoms with Crippen molar-refractivity contribution >= 4 is 23.4 Å². The van der Waals surface area contributed by atoms with Gasteiger partial charge in [-0.15, -0.1) is 10.2 Å². The Morgan fingerprint density at radius 1 is 1.02 bits per heavy atom. The van der Waals surface area contributed by atoms with Gasteiger partial charge in [0.15, 0.2) is 5.65 Å². The molecule has 1 aliphatic carbocycles. The predicted octanol–water partition coefficient (Wildman–Crippen LogP) is 4.22. The maximum atomic E-state index is 13.4. The molecule has 13 nitrogen and oxygen atoms in total. The van der Waals surface area contributed by atoms with E-state index in [0.717, 1.165) is 47.9 Å². The summed E-state index contributed by atoms with van der Waals surface area (Å²) in [7, 11) is 0. The lowest BCUT2D eigenvalue weighted by atomic mass is 9.85. The van der Waals surface area contributed by atoms with Crippen LogP contribution < -0.4 is 20.7 Å². The average molecular weight is 642 g/mol. The number of carbonyl (C=O) groups is 2. The maximum absolute atomic E-state index is 13.4. The van der Waals surface area contributed by atoms with Crippen LogP contribution in [0.3, 0.4) is 0 Å². The third kappa shape index (κ3) is 7.68. The van der Waals surface area contributed by atoms with E-state index in [-0.39, 0.29) is 35.1 Å². The number of fused-ring (bicyclic) bond motifs is 2. The maximum Gasteiger partial charge on any atom is 0.320 e. The second-order valence-corrected chi connectivity index (χ2v) is 12.9. The van der Waals surface area contributed by atoms with Crippen LogP contribution in [0.2, 0.25) is 0 Å². The molecule has 1 fully saturated rings. The largest absolute Gasteiger partial charge is 0.484 e. The summed E-state index contributed by atoms with van der Waals surface area (Å²) in [5.41, 5.74) is 3.09. The summed E-state index contributed by atoms with van der Waals surface area (Å²) in [6, 6.07) is 12.9. The number of aromatic nitrogens is 5. The molecule has 3 aromatic heterocycles. The molecule has 0 radical (unpaired) electrons. The second-order valence-electron chi connectivity index (χ2n) is 12.9. The van der Waals surface area contributed by atoms with Crippen molar-refractivity contribution in [1.82, 2.24) is 40.1 Å². The number of aryl methyl sites for hydroxylation is 1. The van der Waals surface area contributed by atoms with Gasteiger partial charge < -0.3 is 20.1 Å². The topological polar surface area (TPSA) is 148 Å². The van der Waals surface area contributed by atoms with E-state index in [0.29, 0.717) is 44.8 Å². The van der Waals surface area contributed by atoms with Crippen LogP contribution in [0.15, 0.2) is 48.7 Å². The Hall–Kier alpha value is -4.62. The third-order valence-corrected chi connectivity index (χ3v) is 8.54. The number of rotatable bonds is 9. The van der Waals surface area contributed by atoms with E-state index in [1.54, 1.807) is 6.07 Å². The lowest BCUT2D eigenvalue weighted by Gasteiger charge is -2.32. The Bertz CT molecular complexity index is 1730. The molecule has 0 spiro atoms. The van der Waals surface area contributed by atoms with Gasteiger partial charge in [-0.3, -0.25) is 19.4 Å². The molecule has 2 atom stereocenters. The van der Waals surface area contributed by atoms with Gasteiger partial charge in [-0.1, -0.05) is 52.0 Å². The van der Waals surface area contributed by atoms with Gasteiger partial charge in [0.05, 0.1) is 31.1 Å². The van der Waals surface area contributed by atoms with E-state index in [2.05, 4.69) is 41.0 Å². The van der Waals surface area contributed by atoms with Crippen molar-refractivity contribution < 1.29 is 19.1 Å². The van der Waals surface area contributed by atoms with Crippen LogP contribution in [0.25, 0.3) is 5.65 Å². The molecule has 4 heterocycles. The number of benzene rings is 1. The number of morpholine rings is 1. The first kappa shape index (κ1) is 32.3. The molecule has 3 amide bonds. The molecule has 1 aliphatic heterocycles.